The van der Waals surface area contributed by atoms with Gasteiger partial charge in [-0.2, -0.15) is 0 Å². The van der Waals surface area contributed by atoms with E-state index in [1.807, 2.05) is 31.2 Å². The van der Waals surface area contributed by atoms with Gasteiger partial charge in [0.05, 0.1) is 19.4 Å². The summed E-state index contributed by atoms with van der Waals surface area (Å²) in [4.78, 5) is 29.1. The number of carboxylic acids is 1. The van der Waals surface area contributed by atoms with Crippen molar-refractivity contribution in [2.24, 2.45) is 0 Å². The Morgan fingerprint density at radius 3 is 2.80 bits per heavy atom. The van der Waals surface area contributed by atoms with Gasteiger partial charge in [-0.3, -0.25) is 4.79 Å². The molecule has 1 saturated heterocycles. The summed E-state index contributed by atoms with van der Waals surface area (Å²) >= 11 is 0. The second-order valence-electron chi connectivity index (χ2n) is 6.00. The minimum absolute atomic E-state index is 0.0254. The largest absolute Gasteiger partial charge is 0.480 e. The maximum atomic E-state index is 12.3. The molecule has 25 heavy (non-hydrogen) atoms. The number of morpholine rings is 1. The quantitative estimate of drug-likeness (QED) is 0.890. The Hall–Kier alpha value is -2.67. The average Bonchev–Trinajstić information content (AvgIpc) is 3.09. The molecule has 0 bridgehead atoms. The highest BCUT2D eigenvalue weighted by Gasteiger charge is 2.32. The van der Waals surface area contributed by atoms with Gasteiger partial charge in [-0.05, 0) is 6.92 Å². The van der Waals surface area contributed by atoms with Crippen LogP contribution in [-0.4, -0.2) is 52.7 Å². The van der Waals surface area contributed by atoms with Gasteiger partial charge < -0.3 is 19.2 Å². The fraction of sp³-hybridized carbons (Fsp3) is 0.389. The van der Waals surface area contributed by atoms with Crippen LogP contribution in [-0.2, 0) is 20.7 Å². The van der Waals surface area contributed by atoms with Crippen molar-refractivity contribution in [2.45, 2.75) is 25.8 Å². The van der Waals surface area contributed by atoms with E-state index in [1.165, 1.54) is 4.90 Å². The van der Waals surface area contributed by atoms with E-state index in [1.54, 1.807) is 6.20 Å². The van der Waals surface area contributed by atoms with Gasteiger partial charge in [-0.25, -0.2) is 9.78 Å². The van der Waals surface area contributed by atoms with Crippen molar-refractivity contribution in [2.75, 3.05) is 19.8 Å². The summed E-state index contributed by atoms with van der Waals surface area (Å²) in [5.41, 5.74) is 2.09. The summed E-state index contributed by atoms with van der Waals surface area (Å²) in [5, 5.41) is 9.19. The van der Waals surface area contributed by atoms with Crippen molar-refractivity contribution < 1.29 is 23.8 Å². The molecule has 1 N–H and O–H groups in total. The molecule has 1 fully saturated rings. The van der Waals surface area contributed by atoms with Crippen LogP contribution in [0.5, 0.6) is 0 Å². The van der Waals surface area contributed by atoms with Gasteiger partial charge in [0.25, 0.3) is 0 Å². The van der Waals surface area contributed by atoms with Gasteiger partial charge in [0.15, 0.2) is 17.7 Å². The highest BCUT2D eigenvalue weighted by Crippen LogP contribution is 2.21. The molecule has 1 aliphatic rings. The molecular weight excluding hydrogens is 324 g/mol. The second-order valence-corrected chi connectivity index (χ2v) is 6.00. The summed E-state index contributed by atoms with van der Waals surface area (Å²) in [7, 11) is 0. The van der Waals surface area contributed by atoms with Gasteiger partial charge in [-0.1, -0.05) is 29.8 Å². The average molecular weight is 344 g/mol. The molecule has 2 aromatic rings. The third-order valence-corrected chi connectivity index (χ3v) is 4.18. The monoisotopic (exact) mass is 344 g/mol. The third-order valence-electron chi connectivity index (χ3n) is 4.18. The van der Waals surface area contributed by atoms with Crippen molar-refractivity contribution in [1.82, 2.24) is 9.88 Å². The minimum Gasteiger partial charge on any atom is -0.480 e. The van der Waals surface area contributed by atoms with Gasteiger partial charge in [0.2, 0.25) is 5.91 Å². The first-order chi connectivity index (χ1) is 12.0. The number of amides is 1. The second kappa shape index (κ2) is 7.48. The number of carbonyl (C=O) groups excluding carboxylic acids is 1. The Bertz CT molecular complexity index is 753. The van der Waals surface area contributed by atoms with Crippen LogP contribution in [0.15, 0.2) is 34.9 Å². The van der Waals surface area contributed by atoms with E-state index in [0.717, 1.165) is 11.1 Å². The molecule has 1 atom stereocenters. The number of rotatable bonds is 5. The number of carboxylic acid groups (broad SMARTS) is 1. The van der Waals surface area contributed by atoms with Gasteiger partial charge in [-0.15, -0.1) is 0 Å². The minimum atomic E-state index is -1.05. The first-order valence-corrected chi connectivity index (χ1v) is 8.16. The molecule has 0 aliphatic carbocycles. The standard InChI is InChI=1S/C18H20N2O5/c1-12-2-4-13(5-3-12)15-10-19-16(25-15)6-7-17(21)20-8-9-24-11-14(20)18(22)23/h2-5,10,14H,6-9,11H2,1H3,(H,22,23). The number of hydrogen-bond donors (Lipinski definition) is 1. The van der Waals surface area contributed by atoms with Gasteiger partial charge in [0.1, 0.15) is 0 Å². The number of nitrogens with zero attached hydrogens (tertiary/aromatic N) is 2. The van der Waals surface area contributed by atoms with E-state index in [2.05, 4.69) is 4.98 Å². The Morgan fingerprint density at radius 1 is 1.32 bits per heavy atom. The molecule has 1 aromatic carbocycles. The first-order valence-electron chi connectivity index (χ1n) is 8.16. The first kappa shape index (κ1) is 17.2. The molecular formula is C18H20N2O5. The SMILES string of the molecule is Cc1ccc(-c2cnc(CCC(=O)N3CCOCC3C(=O)O)o2)cc1. The predicted molar refractivity (Wildman–Crippen MR) is 89.0 cm³/mol. The molecule has 1 aromatic heterocycles. The van der Waals surface area contributed by atoms with Crippen LogP contribution < -0.4 is 0 Å². The number of ether oxygens (including phenoxy) is 1. The topological polar surface area (TPSA) is 92.9 Å². The zero-order valence-corrected chi connectivity index (χ0v) is 14.0. The van der Waals surface area contributed by atoms with E-state index < -0.39 is 12.0 Å². The van der Waals surface area contributed by atoms with Crippen LogP contribution in [0.25, 0.3) is 11.3 Å². The van der Waals surface area contributed by atoms with Crippen LogP contribution in [0.4, 0.5) is 0 Å². The lowest BCUT2D eigenvalue weighted by atomic mass is 10.1. The molecule has 7 nitrogen and oxygen atoms in total. The van der Waals surface area contributed by atoms with Crippen LogP contribution in [0.3, 0.4) is 0 Å². The van der Waals surface area contributed by atoms with Crippen LogP contribution >= 0.6 is 0 Å². The number of aryl methyl sites for hydroxylation is 2. The fourth-order valence-electron chi connectivity index (χ4n) is 2.74. The van der Waals surface area contributed by atoms with E-state index in [4.69, 9.17) is 9.15 Å². The molecule has 132 valence electrons. The van der Waals surface area contributed by atoms with Crippen molar-refractivity contribution >= 4 is 11.9 Å². The van der Waals surface area contributed by atoms with Crippen LogP contribution in [0, 0.1) is 6.92 Å². The van der Waals surface area contributed by atoms with Crippen molar-refractivity contribution in [3.8, 4) is 11.3 Å². The summed E-state index contributed by atoms with van der Waals surface area (Å²) in [5.74, 6) is -0.169. The molecule has 1 amide bonds. The fourth-order valence-corrected chi connectivity index (χ4v) is 2.74. The van der Waals surface area contributed by atoms with Gasteiger partial charge >= 0.3 is 5.97 Å². The van der Waals surface area contributed by atoms with E-state index in [-0.39, 0.29) is 25.5 Å². The Morgan fingerprint density at radius 2 is 2.08 bits per heavy atom. The molecule has 3 rings (SSSR count). The van der Waals surface area contributed by atoms with E-state index in [0.29, 0.717) is 24.7 Å². The number of hydrogen-bond acceptors (Lipinski definition) is 5. The van der Waals surface area contributed by atoms with Crippen molar-refractivity contribution in [3.63, 3.8) is 0 Å². The molecule has 0 spiro atoms. The summed E-state index contributed by atoms with van der Waals surface area (Å²) in [6.07, 6.45) is 2.12. The normalized spacial score (nSPS) is 17.5. The van der Waals surface area contributed by atoms with E-state index >= 15 is 0 Å². The number of oxazole rings is 1. The Balaban J connectivity index is 1.61. The lowest BCUT2D eigenvalue weighted by Crippen LogP contribution is -2.52. The zero-order chi connectivity index (χ0) is 17.8. The van der Waals surface area contributed by atoms with Crippen LogP contribution in [0.2, 0.25) is 0 Å². The summed E-state index contributed by atoms with van der Waals surface area (Å²) < 4.78 is 10.8. The van der Waals surface area contributed by atoms with Gasteiger partial charge in [0, 0.05) is 24.9 Å². The van der Waals surface area contributed by atoms with Crippen LogP contribution in [0.1, 0.15) is 17.9 Å². The maximum Gasteiger partial charge on any atom is 0.328 e. The van der Waals surface area contributed by atoms with Crippen molar-refractivity contribution in [1.29, 1.82) is 0 Å². The van der Waals surface area contributed by atoms with E-state index in [9.17, 15) is 14.7 Å². The summed E-state index contributed by atoms with van der Waals surface area (Å²) in [6, 6.07) is 6.97. The lowest BCUT2D eigenvalue weighted by molar-refractivity contribution is -0.158. The predicted octanol–water partition coefficient (Wildman–Crippen LogP) is 1.89. The maximum absolute atomic E-state index is 12.3. The number of carbonyl (C=O) groups is 2. The molecule has 2 heterocycles. The molecule has 1 unspecified atom stereocenters. The smallest absolute Gasteiger partial charge is 0.328 e. The molecule has 7 heteroatoms. The highest BCUT2D eigenvalue weighted by molar-refractivity contribution is 5.84. The van der Waals surface area contributed by atoms with Crippen molar-refractivity contribution in [3.05, 3.63) is 41.9 Å². The lowest BCUT2D eigenvalue weighted by Gasteiger charge is -2.32. The number of aromatic nitrogens is 1. The summed E-state index contributed by atoms with van der Waals surface area (Å²) in [6.45, 7) is 2.68. The number of benzene rings is 1. The molecule has 1 aliphatic heterocycles. The third kappa shape index (κ3) is 4.06. The Labute approximate surface area is 145 Å². The Kier molecular flexibility index (Phi) is 5.14. The molecule has 0 saturated carbocycles. The molecule has 0 radical (unpaired) electrons. The number of aliphatic carboxylic acids is 1. The zero-order valence-electron chi connectivity index (χ0n) is 14.0. The highest BCUT2D eigenvalue weighted by atomic mass is 16.5.